The van der Waals surface area contributed by atoms with Crippen molar-refractivity contribution in [1.29, 1.82) is 0 Å². The third-order valence-corrected chi connectivity index (χ3v) is 1.08. The van der Waals surface area contributed by atoms with E-state index >= 15 is 0 Å². The van der Waals surface area contributed by atoms with Crippen molar-refractivity contribution in [2.75, 3.05) is 6.61 Å². The molecule has 0 fully saturated rings. The van der Waals surface area contributed by atoms with Crippen molar-refractivity contribution >= 4 is 5.97 Å². The van der Waals surface area contributed by atoms with Crippen LogP contribution in [-0.2, 0) is 9.53 Å². The molecule has 0 rings (SSSR count). The van der Waals surface area contributed by atoms with Crippen molar-refractivity contribution in [2.45, 2.75) is 38.8 Å². The summed E-state index contributed by atoms with van der Waals surface area (Å²) < 4.78 is 4.98. The summed E-state index contributed by atoms with van der Waals surface area (Å²) in [7, 11) is 0. The highest BCUT2D eigenvalue weighted by Gasteiger charge is 2.17. The van der Waals surface area contributed by atoms with Gasteiger partial charge in [-0.25, -0.2) is 0 Å². The van der Waals surface area contributed by atoms with E-state index in [1.165, 1.54) is 0 Å². The van der Waals surface area contributed by atoms with Gasteiger partial charge in [-0.15, -0.1) is 0 Å². The number of hydrogen-bond acceptors (Lipinski definition) is 4. The largest absolute Gasteiger partial charge is 0.460 e. The molecule has 0 aliphatic carbocycles. The van der Waals surface area contributed by atoms with E-state index in [-0.39, 0.29) is 19.0 Å². The number of carbonyl (C=O) groups is 1. The molecule has 0 saturated heterocycles. The lowest BCUT2D eigenvalue weighted by Crippen LogP contribution is -2.32. The maximum atomic E-state index is 11.0. The van der Waals surface area contributed by atoms with E-state index in [1.54, 1.807) is 20.8 Å². The van der Waals surface area contributed by atoms with Crippen molar-refractivity contribution in [1.82, 2.24) is 0 Å². The van der Waals surface area contributed by atoms with E-state index in [1.807, 2.05) is 0 Å². The Balaban J connectivity index is 3.75. The Morgan fingerprint density at radius 3 is 2.42 bits per heavy atom. The number of aliphatic hydroxyl groups excluding tert-OH is 1. The van der Waals surface area contributed by atoms with Crippen LogP contribution in [0.4, 0.5) is 0 Å². The quantitative estimate of drug-likeness (QED) is 0.594. The first-order valence-electron chi connectivity index (χ1n) is 3.93. The van der Waals surface area contributed by atoms with Crippen LogP contribution >= 0.6 is 0 Å². The van der Waals surface area contributed by atoms with Gasteiger partial charge < -0.3 is 15.6 Å². The summed E-state index contributed by atoms with van der Waals surface area (Å²) in [4.78, 5) is 11.0. The Bertz CT molecular complexity index is 151. The maximum Gasteiger partial charge on any atom is 0.307 e. The number of aliphatic hydroxyl groups is 1. The number of esters is 1. The van der Waals surface area contributed by atoms with Crippen molar-refractivity contribution in [3.05, 3.63) is 0 Å². The highest BCUT2D eigenvalue weighted by molar-refractivity contribution is 5.70. The van der Waals surface area contributed by atoms with Gasteiger partial charge in [0, 0.05) is 6.04 Å². The molecule has 1 atom stereocenters. The first kappa shape index (κ1) is 11.4. The highest BCUT2D eigenvalue weighted by atomic mass is 16.6. The molecule has 12 heavy (non-hydrogen) atoms. The van der Waals surface area contributed by atoms with Gasteiger partial charge in [0.15, 0.2) is 0 Å². The van der Waals surface area contributed by atoms with Gasteiger partial charge in [0.05, 0.1) is 13.0 Å². The molecule has 4 nitrogen and oxygen atoms in total. The third-order valence-electron chi connectivity index (χ3n) is 1.08. The SMILES string of the molecule is CC(C)(C)OC(=O)C[C@@H](N)CO. The topological polar surface area (TPSA) is 72.5 Å². The normalized spacial score (nSPS) is 14.1. The van der Waals surface area contributed by atoms with Gasteiger partial charge in [-0.05, 0) is 20.8 Å². The van der Waals surface area contributed by atoms with E-state index in [4.69, 9.17) is 15.6 Å². The molecule has 0 bridgehead atoms. The standard InChI is InChI=1S/C8H17NO3/c1-8(2,3)12-7(11)4-6(9)5-10/h6,10H,4-5,9H2,1-3H3/t6-/m1/s1. The molecule has 0 unspecified atom stereocenters. The van der Waals surface area contributed by atoms with Crippen LogP contribution in [0.25, 0.3) is 0 Å². The fraction of sp³-hybridized carbons (Fsp3) is 0.875. The van der Waals surface area contributed by atoms with Crippen LogP contribution in [0.2, 0.25) is 0 Å². The molecule has 0 amide bonds. The molecule has 0 aromatic carbocycles. The van der Waals surface area contributed by atoms with E-state index in [9.17, 15) is 4.79 Å². The second kappa shape index (κ2) is 4.42. The molecule has 0 radical (unpaired) electrons. The van der Waals surface area contributed by atoms with Crippen LogP contribution in [0.15, 0.2) is 0 Å². The zero-order valence-electron chi connectivity index (χ0n) is 7.83. The Morgan fingerprint density at radius 2 is 2.08 bits per heavy atom. The zero-order chi connectivity index (χ0) is 9.78. The van der Waals surface area contributed by atoms with Crippen LogP contribution in [-0.4, -0.2) is 29.3 Å². The van der Waals surface area contributed by atoms with E-state index in [2.05, 4.69) is 0 Å². The molecule has 0 heterocycles. The molecule has 0 spiro atoms. The van der Waals surface area contributed by atoms with Crippen LogP contribution in [0.3, 0.4) is 0 Å². The molecule has 3 N–H and O–H groups in total. The molecule has 0 aliphatic heterocycles. The Labute approximate surface area is 72.7 Å². The monoisotopic (exact) mass is 175 g/mol. The molecule has 0 aliphatic rings. The Kier molecular flexibility index (Phi) is 4.20. The lowest BCUT2D eigenvalue weighted by atomic mass is 10.2. The van der Waals surface area contributed by atoms with E-state index in [0.717, 1.165) is 0 Å². The summed E-state index contributed by atoms with van der Waals surface area (Å²) in [6, 6.07) is -0.514. The fourth-order valence-electron chi connectivity index (χ4n) is 0.662. The number of carbonyl (C=O) groups excluding carboxylic acids is 1. The summed E-state index contributed by atoms with van der Waals surface area (Å²) in [5, 5.41) is 8.55. The maximum absolute atomic E-state index is 11.0. The third kappa shape index (κ3) is 6.12. The molecular weight excluding hydrogens is 158 g/mol. The first-order chi connectivity index (χ1) is 5.35. The van der Waals surface area contributed by atoms with E-state index in [0.29, 0.717) is 0 Å². The molecule has 4 heteroatoms. The predicted molar refractivity (Wildman–Crippen MR) is 45.5 cm³/mol. The van der Waals surface area contributed by atoms with Gasteiger partial charge in [-0.2, -0.15) is 0 Å². The minimum Gasteiger partial charge on any atom is -0.460 e. The van der Waals surface area contributed by atoms with Crippen molar-refractivity contribution < 1.29 is 14.6 Å². The smallest absolute Gasteiger partial charge is 0.307 e. The Hall–Kier alpha value is -0.610. The molecule has 0 aromatic heterocycles. The van der Waals surface area contributed by atoms with Gasteiger partial charge >= 0.3 is 5.97 Å². The number of hydrogen-bond donors (Lipinski definition) is 2. The second-order valence-corrected chi connectivity index (χ2v) is 3.73. The van der Waals surface area contributed by atoms with Crippen LogP contribution in [0.5, 0.6) is 0 Å². The highest BCUT2D eigenvalue weighted by Crippen LogP contribution is 2.08. The number of rotatable bonds is 3. The van der Waals surface area contributed by atoms with Gasteiger partial charge in [0.1, 0.15) is 5.60 Å². The van der Waals surface area contributed by atoms with E-state index < -0.39 is 11.6 Å². The molecular formula is C8H17NO3. The Morgan fingerprint density at radius 1 is 1.58 bits per heavy atom. The minimum absolute atomic E-state index is 0.0633. The molecule has 0 aromatic rings. The van der Waals surface area contributed by atoms with Gasteiger partial charge in [0.2, 0.25) is 0 Å². The summed E-state index contributed by atoms with van der Waals surface area (Å²) in [5.41, 5.74) is 4.86. The van der Waals surface area contributed by atoms with Crippen LogP contribution < -0.4 is 5.73 Å². The molecule has 72 valence electrons. The van der Waals surface area contributed by atoms with Crippen molar-refractivity contribution in [3.63, 3.8) is 0 Å². The second-order valence-electron chi connectivity index (χ2n) is 3.73. The summed E-state index contributed by atoms with van der Waals surface area (Å²) in [6.45, 7) is 5.17. The first-order valence-corrected chi connectivity index (χ1v) is 3.93. The fourth-order valence-corrected chi connectivity index (χ4v) is 0.662. The molecule has 0 saturated carbocycles. The minimum atomic E-state index is -0.514. The summed E-state index contributed by atoms with van der Waals surface area (Å²) >= 11 is 0. The van der Waals surface area contributed by atoms with Crippen molar-refractivity contribution in [2.24, 2.45) is 5.73 Å². The number of ether oxygens (including phenoxy) is 1. The van der Waals surface area contributed by atoms with Crippen LogP contribution in [0, 0.1) is 0 Å². The lowest BCUT2D eigenvalue weighted by Gasteiger charge is -2.20. The number of nitrogens with two attached hydrogens (primary N) is 1. The predicted octanol–water partition coefficient (Wildman–Crippen LogP) is 0.0378. The summed E-state index contributed by atoms with van der Waals surface area (Å²) in [6.07, 6.45) is 0.0633. The van der Waals surface area contributed by atoms with Crippen molar-refractivity contribution in [3.8, 4) is 0 Å². The van der Waals surface area contributed by atoms with Crippen LogP contribution in [0.1, 0.15) is 27.2 Å². The zero-order valence-corrected chi connectivity index (χ0v) is 7.83. The van der Waals surface area contributed by atoms with Gasteiger partial charge in [0.25, 0.3) is 0 Å². The average Bonchev–Trinajstić information content (AvgIpc) is 1.82. The van der Waals surface area contributed by atoms with Gasteiger partial charge in [-0.1, -0.05) is 0 Å². The van der Waals surface area contributed by atoms with Gasteiger partial charge in [-0.3, -0.25) is 4.79 Å². The average molecular weight is 175 g/mol. The lowest BCUT2D eigenvalue weighted by molar-refractivity contribution is -0.155. The summed E-state index contributed by atoms with van der Waals surface area (Å²) in [5.74, 6) is -0.371.